The highest BCUT2D eigenvalue weighted by atomic mass is 35.5. The molecule has 2 N–H and O–H groups in total. The number of hydrogen-bond acceptors (Lipinski definition) is 1. The van der Waals surface area contributed by atoms with Crippen LogP contribution in [-0.4, -0.2) is 11.4 Å². The van der Waals surface area contributed by atoms with Crippen LogP contribution in [0.25, 0.3) is 0 Å². The lowest BCUT2D eigenvalue weighted by atomic mass is 9.49. The van der Waals surface area contributed by atoms with Crippen molar-refractivity contribution >= 4 is 24.0 Å². The summed E-state index contributed by atoms with van der Waals surface area (Å²) in [5.74, 6) is 1.81. The monoisotopic (exact) mass is 235 g/mol. The van der Waals surface area contributed by atoms with Crippen LogP contribution in [0.15, 0.2) is 0 Å². The first-order valence-corrected chi connectivity index (χ1v) is 5.90. The van der Waals surface area contributed by atoms with Crippen LogP contribution >= 0.6 is 24.0 Å². The minimum absolute atomic E-state index is 0. The highest BCUT2D eigenvalue weighted by Crippen LogP contribution is 2.63. The highest BCUT2D eigenvalue weighted by molar-refractivity contribution is 6.24. The second-order valence-corrected chi connectivity index (χ2v) is 6.62. The van der Waals surface area contributed by atoms with Crippen molar-refractivity contribution in [3.63, 3.8) is 0 Å². The van der Waals surface area contributed by atoms with E-state index in [1.165, 1.54) is 38.5 Å². The van der Waals surface area contributed by atoms with E-state index in [4.69, 9.17) is 17.3 Å². The summed E-state index contributed by atoms with van der Waals surface area (Å²) in [5.41, 5.74) is 6.38. The maximum Gasteiger partial charge on any atom is 0.0457 e. The molecule has 3 heteroatoms. The lowest BCUT2D eigenvalue weighted by Crippen LogP contribution is -2.55. The van der Waals surface area contributed by atoms with E-state index in [9.17, 15) is 0 Å². The Morgan fingerprint density at radius 3 is 2.14 bits per heavy atom. The molecule has 0 radical (unpaired) electrons. The molecule has 4 aliphatic rings. The second-order valence-electron chi connectivity index (χ2n) is 5.82. The van der Waals surface area contributed by atoms with Gasteiger partial charge in [0.25, 0.3) is 0 Å². The average Bonchev–Trinajstić information content (AvgIpc) is 1.99. The summed E-state index contributed by atoms with van der Waals surface area (Å²) in [7, 11) is 0. The molecule has 0 amide bonds. The Morgan fingerprint density at radius 2 is 1.71 bits per heavy atom. The standard InChI is InChI=1S/C11H18ClN.ClH/c12-11-4-8-1-9(5-11)3-10(2-8,6-11)7-13;/h8-9H,1-7,13H2;1H. The minimum atomic E-state index is 0. The molecular weight excluding hydrogens is 217 g/mol. The van der Waals surface area contributed by atoms with Crippen LogP contribution in [0.1, 0.15) is 38.5 Å². The van der Waals surface area contributed by atoms with Crippen molar-refractivity contribution in [2.24, 2.45) is 23.0 Å². The van der Waals surface area contributed by atoms with E-state index in [0.29, 0.717) is 5.41 Å². The molecule has 0 aromatic heterocycles. The summed E-state index contributed by atoms with van der Waals surface area (Å²) in [6.45, 7) is 0.870. The van der Waals surface area contributed by atoms with E-state index in [1.807, 2.05) is 0 Å². The predicted octanol–water partition coefficient (Wildman–Crippen LogP) is 2.94. The van der Waals surface area contributed by atoms with E-state index >= 15 is 0 Å². The Hall–Kier alpha value is 0.540. The number of rotatable bonds is 1. The van der Waals surface area contributed by atoms with Crippen molar-refractivity contribution in [2.75, 3.05) is 6.54 Å². The van der Waals surface area contributed by atoms with E-state index in [1.54, 1.807) is 0 Å². The van der Waals surface area contributed by atoms with Gasteiger partial charge in [0.2, 0.25) is 0 Å². The molecule has 4 rings (SSSR count). The first-order chi connectivity index (χ1) is 6.13. The summed E-state index contributed by atoms with van der Waals surface area (Å²) in [6, 6.07) is 0. The Labute approximate surface area is 97.2 Å². The largest absolute Gasteiger partial charge is 0.330 e. The van der Waals surface area contributed by atoms with E-state index in [0.717, 1.165) is 18.4 Å². The van der Waals surface area contributed by atoms with Gasteiger partial charge in [0.1, 0.15) is 0 Å². The third-order valence-corrected chi connectivity index (χ3v) is 4.99. The third-order valence-electron chi connectivity index (χ3n) is 4.54. The molecule has 0 aromatic carbocycles. The molecule has 1 nitrogen and oxygen atoms in total. The number of halogens is 2. The Kier molecular flexibility index (Phi) is 2.57. The van der Waals surface area contributed by atoms with Crippen LogP contribution in [0, 0.1) is 17.3 Å². The smallest absolute Gasteiger partial charge is 0.0457 e. The molecular formula is C11H19Cl2N. The fraction of sp³-hybridized carbons (Fsp3) is 1.00. The molecule has 0 heterocycles. The van der Waals surface area contributed by atoms with Crippen LogP contribution in [0.4, 0.5) is 0 Å². The van der Waals surface area contributed by atoms with Crippen LogP contribution < -0.4 is 5.73 Å². The van der Waals surface area contributed by atoms with E-state index in [2.05, 4.69) is 0 Å². The molecule has 4 fully saturated rings. The van der Waals surface area contributed by atoms with Crippen molar-refractivity contribution in [1.82, 2.24) is 0 Å². The van der Waals surface area contributed by atoms with Crippen LogP contribution in [0.5, 0.6) is 0 Å². The average molecular weight is 236 g/mol. The predicted molar refractivity (Wildman–Crippen MR) is 62.0 cm³/mol. The highest BCUT2D eigenvalue weighted by Gasteiger charge is 2.56. The van der Waals surface area contributed by atoms with Gasteiger partial charge >= 0.3 is 0 Å². The topological polar surface area (TPSA) is 26.0 Å². The molecule has 82 valence electrons. The summed E-state index contributed by atoms with van der Waals surface area (Å²) in [4.78, 5) is 0.156. The Morgan fingerprint density at radius 1 is 1.14 bits per heavy atom. The van der Waals surface area contributed by atoms with Crippen LogP contribution in [0.2, 0.25) is 0 Å². The first-order valence-electron chi connectivity index (χ1n) is 5.52. The van der Waals surface area contributed by atoms with E-state index in [-0.39, 0.29) is 17.3 Å². The maximum atomic E-state index is 6.64. The summed E-state index contributed by atoms with van der Waals surface area (Å²) in [6.07, 6.45) is 7.92. The molecule has 4 aliphatic carbocycles. The van der Waals surface area contributed by atoms with Crippen molar-refractivity contribution < 1.29 is 0 Å². The van der Waals surface area contributed by atoms with Crippen molar-refractivity contribution in [3.05, 3.63) is 0 Å². The fourth-order valence-electron chi connectivity index (χ4n) is 4.57. The minimum Gasteiger partial charge on any atom is -0.330 e. The number of alkyl halides is 1. The molecule has 4 saturated carbocycles. The zero-order valence-corrected chi connectivity index (χ0v) is 10.0. The molecule has 2 unspecified atom stereocenters. The SMILES string of the molecule is Cl.NCC12CC3CC(CC(Cl)(C3)C1)C2. The Balaban J connectivity index is 0.000000750. The van der Waals surface area contributed by atoms with Gasteiger partial charge in [-0.05, 0) is 62.3 Å². The fourth-order valence-corrected chi connectivity index (χ4v) is 5.29. The molecule has 4 bridgehead atoms. The first kappa shape index (κ1) is 11.0. The van der Waals surface area contributed by atoms with Gasteiger partial charge in [0.05, 0.1) is 0 Å². The normalized spacial score (nSPS) is 54.4. The van der Waals surface area contributed by atoms with Gasteiger partial charge in [-0.25, -0.2) is 0 Å². The van der Waals surface area contributed by atoms with Crippen LogP contribution in [-0.2, 0) is 0 Å². The zero-order chi connectivity index (χ0) is 9.10. The van der Waals surface area contributed by atoms with Crippen molar-refractivity contribution in [2.45, 2.75) is 43.4 Å². The van der Waals surface area contributed by atoms with Gasteiger partial charge in [0, 0.05) is 4.87 Å². The van der Waals surface area contributed by atoms with E-state index < -0.39 is 0 Å². The molecule has 14 heavy (non-hydrogen) atoms. The van der Waals surface area contributed by atoms with Crippen LogP contribution in [0.3, 0.4) is 0 Å². The Bertz CT molecular complexity index is 227. The lowest BCUT2D eigenvalue weighted by Gasteiger charge is -2.59. The van der Waals surface area contributed by atoms with Gasteiger partial charge in [-0.1, -0.05) is 0 Å². The van der Waals surface area contributed by atoms with Gasteiger partial charge in [0.15, 0.2) is 0 Å². The summed E-state index contributed by atoms with van der Waals surface area (Å²) in [5, 5.41) is 0. The molecule has 0 aliphatic heterocycles. The molecule has 2 atom stereocenters. The van der Waals surface area contributed by atoms with Gasteiger partial charge in [-0.2, -0.15) is 0 Å². The summed E-state index contributed by atoms with van der Waals surface area (Å²) >= 11 is 6.64. The third kappa shape index (κ3) is 1.48. The molecule has 0 aromatic rings. The zero-order valence-electron chi connectivity index (χ0n) is 8.47. The molecule has 0 spiro atoms. The second kappa shape index (κ2) is 3.26. The maximum absolute atomic E-state index is 6.64. The summed E-state index contributed by atoms with van der Waals surface area (Å²) < 4.78 is 0. The lowest BCUT2D eigenvalue weighted by molar-refractivity contribution is -0.0340. The van der Waals surface area contributed by atoms with Gasteiger partial charge in [-0.3, -0.25) is 0 Å². The quantitative estimate of drug-likeness (QED) is 0.696. The van der Waals surface area contributed by atoms with Crippen molar-refractivity contribution in [3.8, 4) is 0 Å². The van der Waals surface area contributed by atoms with Crippen molar-refractivity contribution in [1.29, 1.82) is 0 Å². The van der Waals surface area contributed by atoms with Gasteiger partial charge in [-0.15, -0.1) is 24.0 Å². The van der Waals surface area contributed by atoms with Gasteiger partial charge < -0.3 is 5.73 Å². The number of nitrogens with two attached hydrogens (primary N) is 1. The molecule has 0 saturated heterocycles. The number of hydrogen-bond donors (Lipinski definition) is 1.